The van der Waals surface area contributed by atoms with Crippen LogP contribution in [-0.4, -0.2) is 33.8 Å². The summed E-state index contributed by atoms with van der Waals surface area (Å²) < 4.78 is 10.2. The molecule has 7 nitrogen and oxygen atoms in total. The number of imidazole rings is 1. The predicted octanol–water partition coefficient (Wildman–Crippen LogP) is 2.50. The third-order valence-electron chi connectivity index (χ3n) is 2.68. The van der Waals surface area contributed by atoms with Crippen LogP contribution in [0.4, 0.5) is 4.79 Å². The van der Waals surface area contributed by atoms with E-state index >= 15 is 0 Å². The van der Waals surface area contributed by atoms with Crippen molar-refractivity contribution in [3.8, 4) is 17.1 Å². The number of aromatic amines is 1. The number of alkyl carbamates (subject to hydrolysis) is 1. The molecule has 0 unspecified atom stereocenters. The summed E-state index contributed by atoms with van der Waals surface area (Å²) in [6.07, 6.45) is 2.91. The summed E-state index contributed by atoms with van der Waals surface area (Å²) in [6.45, 7) is 5.70. The highest BCUT2D eigenvalue weighted by Crippen LogP contribution is 2.18. The number of H-pyrrole nitrogens is 1. The molecule has 2 aromatic heterocycles. The molecular weight excluding hydrogens is 284 g/mol. The van der Waals surface area contributed by atoms with Crippen molar-refractivity contribution in [2.75, 3.05) is 7.11 Å². The molecule has 0 spiro atoms. The van der Waals surface area contributed by atoms with Gasteiger partial charge >= 0.3 is 6.09 Å². The van der Waals surface area contributed by atoms with Crippen LogP contribution in [0.5, 0.6) is 5.88 Å². The Hall–Kier alpha value is -2.57. The molecule has 2 rings (SSSR count). The van der Waals surface area contributed by atoms with E-state index in [2.05, 4.69) is 20.3 Å². The van der Waals surface area contributed by atoms with Crippen molar-refractivity contribution in [3.05, 3.63) is 30.4 Å². The van der Waals surface area contributed by atoms with Gasteiger partial charge in [0.2, 0.25) is 5.88 Å². The average molecular weight is 304 g/mol. The molecule has 1 amide bonds. The molecule has 0 aromatic carbocycles. The van der Waals surface area contributed by atoms with Crippen LogP contribution in [0.25, 0.3) is 11.3 Å². The first-order chi connectivity index (χ1) is 10.4. The van der Waals surface area contributed by atoms with Gasteiger partial charge in [0.15, 0.2) is 0 Å². The molecule has 0 saturated carbocycles. The van der Waals surface area contributed by atoms with Gasteiger partial charge in [-0.15, -0.1) is 0 Å². The van der Waals surface area contributed by atoms with Crippen molar-refractivity contribution in [1.82, 2.24) is 20.3 Å². The lowest BCUT2D eigenvalue weighted by molar-refractivity contribution is 0.0522. The van der Waals surface area contributed by atoms with E-state index in [1.807, 2.05) is 26.8 Å². The molecule has 118 valence electrons. The van der Waals surface area contributed by atoms with Crippen molar-refractivity contribution >= 4 is 6.09 Å². The number of aromatic nitrogens is 3. The maximum Gasteiger partial charge on any atom is 0.408 e. The van der Waals surface area contributed by atoms with Crippen LogP contribution >= 0.6 is 0 Å². The summed E-state index contributed by atoms with van der Waals surface area (Å²) in [5.41, 5.74) is 1.18. The zero-order chi connectivity index (χ0) is 16.2. The summed E-state index contributed by atoms with van der Waals surface area (Å²) in [6, 6.07) is 3.65. The molecule has 0 aliphatic rings. The van der Waals surface area contributed by atoms with Crippen LogP contribution in [0.15, 0.2) is 24.5 Å². The number of carbonyl (C=O) groups excluding carboxylic acids is 1. The third-order valence-corrected chi connectivity index (χ3v) is 2.68. The summed E-state index contributed by atoms with van der Waals surface area (Å²) in [5.74, 6) is 1.19. The summed E-state index contributed by atoms with van der Waals surface area (Å²) in [7, 11) is 1.57. The van der Waals surface area contributed by atoms with Crippen molar-refractivity contribution in [1.29, 1.82) is 0 Å². The Morgan fingerprint density at radius 1 is 1.27 bits per heavy atom. The average Bonchev–Trinajstić information content (AvgIpc) is 2.92. The van der Waals surface area contributed by atoms with E-state index in [4.69, 9.17) is 9.47 Å². The highest BCUT2D eigenvalue weighted by molar-refractivity contribution is 5.67. The number of methoxy groups -OCH3 is 1. The van der Waals surface area contributed by atoms with E-state index in [-0.39, 0.29) is 6.54 Å². The van der Waals surface area contributed by atoms with Gasteiger partial charge in [-0.1, -0.05) is 0 Å². The Labute approximate surface area is 129 Å². The van der Waals surface area contributed by atoms with Crippen molar-refractivity contribution in [3.63, 3.8) is 0 Å². The molecule has 2 N–H and O–H groups in total. The summed E-state index contributed by atoms with van der Waals surface area (Å²) in [5, 5.41) is 2.65. The van der Waals surface area contributed by atoms with E-state index in [9.17, 15) is 4.79 Å². The minimum absolute atomic E-state index is 0.262. The van der Waals surface area contributed by atoms with Crippen molar-refractivity contribution in [2.45, 2.75) is 32.9 Å². The molecule has 0 atom stereocenters. The lowest BCUT2D eigenvalue weighted by Crippen LogP contribution is -2.32. The molecule has 2 heterocycles. The lowest BCUT2D eigenvalue weighted by Gasteiger charge is -2.19. The minimum atomic E-state index is -0.521. The SMILES string of the molecule is COc1ccc(-c2cnc(CNC(=O)OC(C)(C)C)[nH]2)cn1. The first-order valence-corrected chi connectivity index (χ1v) is 6.88. The zero-order valence-electron chi connectivity index (χ0n) is 13.1. The smallest absolute Gasteiger partial charge is 0.408 e. The maximum atomic E-state index is 11.6. The van der Waals surface area contributed by atoms with Crippen LogP contribution < -0.4 is 10.1 Å². The van der Waals surface area contributed by atoms with Crippen molar-refractivity contribution < 1.29 is 14.3 Å². The second-order valence-electron chi connectivity index (χ2n) is 5.69. The quantitative estimate of drug-likeness (QED) is 0.906. The minimum Gasteiger partial charge on any atom is -0.481 e. The van der Waals surface area contributed by atoms with Gasteiger partial charge in [0.1, 0.15) is 11.4 Å². The Kier molecular flexibility index (Phi) is 4.65. The Balaban J connectivity index is 1.95. The molecule has 0 bridgehead atoms. The monoisotopic (exact) mass is 304 g/mol. The molecular formula is C15H20N4O3. The Morgan fingerprint density at radius 2 is 2.05 bits per heavy atom. The molecule has 0 aliphatic heterocycles. The van der Waals surface area contributed by atoms with E-state index in [0.29, 0.717) is 11.7 Å². The van der Waals surface area contributed by atoms with Gasteiger partial charge in [-0.25, -0.2) is 14.8 Å². The van der Waals surface area contributed by atoms with Gasteiger partial charge in [0.25, 0.3) is 0 Å². The first kappa shape index (κ1) is 15.8. The van der Waals surface area contributed by atoms with Crippen LogP contribution in [0.1, 0.15) is 26.6 Å². The number of rotatable bonds is 4. The van der Waals surface area contributed by atoms with Crippen LogP contribution in [0.3, 0.4) is 0 Å². The third kappa shape index (κ3) is 4.47. The highest BCUT2D eigenvalue weighted by Gasteiger charge is 2.16. The van der Waals surface area contributed by atoms with Gasteiger partial charge in [-0.2, -0.15) is 0 Å². The van der Waals surface area contributed by atoms with Crippen molar-refractivity contribution in [2.24, 2.45) is 0 Å². The second kappa shape index (κ2) is 6.46. The second-order valence-corrected chi connectivity index (χ2v) is 5.69. The van der Waals surface area contributed by atoms with E-state index in [1.165, 1.54) is 0 Å². The number of hydrogen-bond acceptors (Lipinski definition) is 5. The number of pyridine rings is 1. The topological polar surface area (TPSA) is 89.1 Å². The largest absolute Gasteiger partial charge is 0.481 e. The van der Waals surface area contributed by atoms with Gasteiger partial charge in [-0.3, -0.25) is 0 Å². The van der Waals surface area contributed by atoms with E-state index in [1.54, 1.807) is 25.6 Å². The molecule has 0 fully saturated rings. The van der Waals surface area contributed by atoms with Crippen LogP contribution in [0, 0.1) is 0 Å². The predicted molar refractivity (Wildman–Crippen MR) is 81.4 cm³/mol. The number of amides is 1. The standard InChI is InChI=1S/C15H20N4O3/c1-15(2,3)22-14(20)18-9-12-16-8-11(19-12)10-5-6-13(21-4)17-7-10/h5-8H,9H2,1-4H3,(H,16,19)(H,18,20). The molecule has 0 saturated heterocycles. The normalized spacial score (nSPS) is 11.1. The van der Waals surface area contributed by atoms with Gasteiger partial charge in [-0.05, 0) is 26.8 Å². The summed E-state index contributed by atoms with van der Waals surface area (Å²) >= 11 is 0. The highest BCUT2D eigenvalue weighted by atomic mass is 16.6. The lowest BCUT2D eigenvalue weighted by atomic mass is 10.2. The van der Waals surface area contributed by atoms with E-state index in [0.717, 1.165) is 11.3 Å². The fourth-order valence-corrected chi connectivity index (χ4v) is 1.73. The number of nitrogens with zero attached hydrogens (tertiary/aromatic N) is 2. The first-order valence-electron chi connectivity index (χ1n) is 6.88. The molecule has 0 aliphatic carbocycles. The number of nitrogens with one attached hydrogen (secondary N) is 2. The molecule has 7 heteroatoms. The summed E-state index contributed by atoms with van der Waals surface area (Å²) in [4.78, 5) is 23.1. The van der Waals surface area contributed by atoms with Gasteiger partial charge < -0.3 is 19.8 Å². The maximum absolute atomic E-state index is 11.6. The van der Waals surface area contributed by atoms with Gasteiger partial charge in [0, 0.05) is 17.8 Å². The van der Waals surface area contributed by atoms with Gasteiger partial charge in [0.05, 0.1) is 25.5 Å². The van der Waals surface area contributed by atoms with E-state index < -0.39 is 11.7 Å². The number of carbonyl (C=O) groups is 1. The number of ether oxygens (including phenoxy) is 2. The molecule has 2 aromatic rings. The van der Waals surface area contributed by atoms with Crippen LogP contribution in [0.2, 0.25) is 0 Å². The fraction of sp³-hybridized carbons (Fsp3) is 0.400. The zero-order valence-corrected chi connectivity index (χ0v) is 13.1. The molecule has 0 radical (unpaired) electrons. The molecule has 22 heavy (non-hydrogen) atoms. The Bertz CT molecular complexity index is 629. The number of hydrogen-bond donors (Lipinski definition) is 2. The fourth-order valence-electron chi connectivity index (χ4n) is 1.73. The van der Waals surface area contributed by atoms with Crippen LogP contribution in [-0.2, 0) is 11.3 Å². The Morgan fingerprint density at radius 3 is 2.64 bits per heavy atom.